The van der Waals surface area contributed by atoms with E-state index in [-0.39, 0.29) is 0 Å². The fraction of sp³-hybridized carbons (Fsp3) is 0.333. The summed E-state index contributed by atoms with van der Waals surface area (Å²) in [5, 5.41) is 11.7. The summed E-state index contributed by atoms with van der Waals surface area (Å²) >= 11 is 6.10. The molecule has 0 saturated heterocycles. The average Bonchev–Trinajstić information content (AvgIpc) is 2.76. The molecule has 0 amide bonds. The molecule has 0 saturated carbocycles. The fourth-order valence-electron chi connectivity index (χ4n) is 1.44. The van der Waals surface area contributed by atoms with Crippen LogP contribution in [0.25, 0.3) is 0 Å². The number of hydrogen-bond acceptors (Lipinski definition) is 4. The van der Waals surface area contributed by atoms with Crippen molar-refractivity contribution >= 4 is 17.3 Å². The van der Waals surface area contributed by atoms with Crippen molar-refractivity contribution in [3.63, 3.8) is 0 Å². The molecule has 0 fully saturated rings. The van der Waals surface area contributed by atoms with Gasteiger partial charge in [0, 0.05) is 6.42 Å². The number of aryl methyl sites for hydroxylation is 2. The monoisotopic (exact) mass is 251 g/mol. The number of nitrogens with one attached hydrogen (secondary N) is 1. The number of nitrogens with zero attached hydrogens (tertiary/aromatic N) is 2. The van der Waals surface area contributed by atoms with E-state index in [1.165, 1.54) is 0 Å². The van der Waals surface area contributed by atoms with E-state index < -0.39 is 0 Å². The SMILES string of the molecule is CCc1nnc(CNc2ccc(C)cc2Cl)o1. The zero-order valence-electron chi connectivity index (χ0n) is 9.83. The molecule has 1 N–H and O–H groups in total. The summed E-state index contributed by atoms with van der Waals surface area (Å²) in [5.41, 5.74) is 2.00. The summed E-state index contributed by atoms with van der Waals surface area (Å²) in [6.07, 6.45) is 0.748. The van der Waals surface area contributed by atoms with E-state index in [2.05, 4.69) is 15.5 Å². The second-order valence-electron chi connectivity index (χ2n) is 3.78. The molecular formula is C12H14ClN3O. The second kappa shape index (κ2) is 5.19. The van der Waals surface area contributed by atoms with Crippen LogP contribution >= 0.6 is 11.6 Å². The molecule has 90 valence electrons. The Morgan fingerprint density at radius 3 is 2.71 bits per heavy atom. The van der Waals surface area contributed by atoms with Crippen molar-refractivity contribution in [2.24, 2.45) is 0 Å². The molecule has 5 heteroatoms. The van der Waals surface area contributed by atoms with Gasteiger partial charge in [0.05, 0.1) is 17.3 Å². The third kappa shape index (κ3) is 2.97. The molecule has 0 spiro atoms. The molecule has 1 heterocycles. The lowest BCUT2D eigenvalue weighted by Gasteiger charge is -2.06. The average molecular weight is 252 g/mol. The lowest BCUT2D eigenvalue weighted by atomic mass is 10.2. The van der Waals surface area contributed by atoms with Crippen LogP contribution in [0.15, 0.2) is 22.6 Å². The van der Waals surface area contributed by atoms with Crippen LogP contribution in [0.3, 0.4) is 0 Å². The van der Waals surface area contributed by atoms with Crippen LogP contribution in [0.1, 0.15) is 24.3 Å². The minimum Gasteiger partial charge on any atom is -0.423 e. The van der Waals surface area contributed by atoms with Gasteiger partial charge in [-0.2, -0.15) is 0 Å². The summed E-state index contributed by atoms with van der Waals surface area (Å²) in [7, 11) is 0. The van der Waals surface area contributed by atoms with Gasteiger partial charge < -0.3 is 9.73 Å². The minimum absolute atomic E-state index is 0.482. The van der Waals surface area contributed by atoms with E-state index in [1.807, 2.05) is 32.0 Å². The normalized spacial score (nSPS) is 10.5. The zero-order chi connectivity index (χ0) is 12.3. The van der Waals surface area contributed by atoms with Gasteiger partial charge in [0.2, 0.25) is 11.8 Å². The van der Waals surface area contributed by atoms with E-state index in [0.717, 1.165) is 17.7 Å². The fourth-order valence-corrected chi connectivity index (χ4v) is 1.74. The van der Waals surface area contributed by atoms with Crippen LogP contribution in [-0.4, -0.2) is 10.2 Å². The number of halogens is 1. The maximum absolute atomic E-state index is 6.10. The number of rotatable bonds is 4. The van der Waals surface area contributed by atoms with Crippen LogP contribution in [0, 0.1) is 6.92 Å². The topological polar surface area (TPSA) is 51.0 Å². The first-order valence-electron chi connectivity index (χ1n) is 5.50. The van der Waals surface area contributed by atoms with E-state index in [1.54, 1.807) is 0 Å². The van der Waals surface area contributed by atoms with Gasteiger partial charge in [-0.05, 0) is 24.6 Å². The molecule has 2 aromatic rings. The van der Waals surface area contributed by atoms with Crippen molar-refractivity contribution in [3.8, 4) is 0 Å². The van der Waals surface area contributed by atoms with Crippen molar-refractivity contribution in [1.82, 2.24) is 10.2 Å². The Hall–Kier alpha value is -1.55. The summed E-state index contributed by atoms with van der Waals surface area (Å²) < 4.78 is 5.39. The summed E-state index contributed by atoms with van der Waals surface area (Å²) in [4.78, 5) is 0. The minimum atomic E-state index is 0.482. The van der Waals surface area contributed by atoms with E-state index in [4.69, 9.17) is 16.0 Å². The van der Waals surface area contributed by atoms with Gasteiger partial charge in [-0.15, -0.1) is 10.2 Å². The van der Waals surface area contributed by atoms with Crippen molar-refractivity contribution < 1.29 is 4.42 Å². The van der Waals surface area contributed by atoms with E-state index in [9.17, 15) is 0 Å². The highest BCUT2D eigenvalue weighted by Crippen LogP contribution is 2.23. The molecule has 0 bridgehead atoms. The van der Waals surface area contributed by atoms with Crippen LogP contribution in [0.5, 0.6) is 0 Å². The third-order valence-corrected chi connectivity index (χ3v) is 2.68. The highest BCUT2D eigenvalue weighted by atomic mass is 35.5. The molecule has 0 radical (unpaired) electrons. The molecule has 1 aromatic carbocycles. The molecule has 17 heavy (non-hydrogen) atoms. The first-order valence-corrected chi connectivity index (χ1v) is 5.88. The smallest absolute Gasteiger partial charge is 0.235 e. The highest BCUT2D eigenvalue weighted by Gasteiger charge is 2.05. The van der Waals surface area contributed by atoms with Crippen LogP contribution in [0.2, 0.25) is 5.02 Å². The Kier molecular flexibility index (Phi) is 3.64. The summed E-state index contributed by atoms with van der Waals surface area (Å²) in [6.45, 7) is 4.46. The Morgan fingerprint density at radius 2 is 2.06 bits per heavy atom. The summed E-state index contributed by atoms with van der Waals surface area (Å²) in [6, 6.07) is 5.85. The molecule has 0 aliphatic rings. The second-order valence-corrected chi connectivity index (χ2v) is 4.19. The third-order valence-electron chi connectivity index (χ3n) is 2.37. The Morgan fingerprint density at radius 1 is 1.29 bits per heavy atom. The molecule has 0 aliphatic heterocycles. The Balaban J connectivity index is 2.02. The molecule has 0 atom stereocenters. The zero-order valence-corrected chi connectivity index (χ0v) is 10.6. The molecule has 0 aliphatic carbocycles. The van der Waals surface area contributed by atoms with E-state index in [0.29, 0.717) is 23.3 Å². The quantitative estimate of drug-likeness (QED) is 0.907. The van der Waals surface area contributed by atoms with Gasteiger partial charge >= 0.3 is 0 Å². The van der Waals surface area contributed by atoms with Gasteiger partial charge in [-0.1, -0.05) is 24.6 Å². The van der Waals surface area contributed by atoms with Crippen molar-refractivity contribution in [2.45, 2.75) is 26.8 Å². The van der Waals surface area contributed by atoms with Crippen LogP contribution < -0.4 is 5.32 Å². The van der Waals surface area contributed by atoms with Gasteiger partial charge in [0.1, 0.15) is 0 Å². The van der Waals surface area contributed by atoms with Gasteiger partial charge in [-0.3, -0.25) is 0 Å². The summed E-state index contributed by atoms with van der Waals surface area (Å²) in [5.74, 6) is 1.22. The largest absolute Gasteiger partial charge is 0.423 e. The number of hydrogen-bond donors (Lipinski definition) is 1. The van der Waals surface area contributed by atoms with Gasteiger partial charge in [0.25, 0.3) is 0 Å². The molecule has 2 rings (SSSR count). The number of benzene rings is 1. The lowest BCUT2D eigenvalue weighted by molar-refractivity contribution is 0.460. The predicted molar refractivity (Wildman–Crippen MR) is 67.2 cm³/mol. The highest BCUT2D eigenvalue weighted by molar-refractivity contribution is 6.33. The Labute approximate surface area is 105 Å². The van der Waals surface area contributed by atoms with Gasteiger partial charge in [0.15, 0.2) is 0 Å². The van der Waals surface area contributed by atoms with Crippen molar-refractivity contribution in [2.75, 3.05) is 5.32 Å². The molecule has 1 aromatic heterocycles. The molecular weight excluding hydrogens is 238 g/mol. The molecule has 0 unspecified atom stereocenters. The van der Waals surface area contributed by atoms with Crippen LogP contribution in [0.4, 0.5) is 5.69 Å². The van der Waals surface area contributed by atoms with Crippen molar-refractivity contribution in [3.05, 3.63) is 40.6 Å². The number of anilines is 1. The van der Waals surface area contributed by atoms with Gasteiger partial charge in [-0.25, -0.2) is 0 Å². The maximum atomic E-state index is 6.10. The predicted octanol–water partition coefficient (Wildman–Crippen LogP) is 3.21. The lowest BCUT2D eigenvalue weighted by Crippen LogP contribution is -2.00. The standard InChI is InChI=1S/C12H14ClN3O/c1-3-11-15-16-12(17-11)7-14-10-5-4-8(2)6-9(10)13/h4-6,14H,3,7H2,1-2H3. The first-order chi connectivity index (χ1) is 8.19. The molecule has 4 nitrogen and oxygen atoms in total. The van der Waals surface area contributed by atoms with Crippen LogP contribution in [-0.2, 0) is 13.0 Å². The first kappa shape index (κ1) is 11.9. The maximum Gasteiger partial charge on any atom is 0.235 e. The van der Waals surface area contributed by atoms with Crippen molar-refractivity contribution in [1.29, 1.82) is 0 Å². The Bertz CT molecular complexity index is 510. The van der Waals surface area contributed by atoms with E-state index >= 15 is 0 Å². The number of aromatic nitrogens is 2.